The lowest BCUT2D eigenvalue weighted by Gasteiger charge is -2.22. The number of aromatic nitrogens is 2. The topological polar surface area (TPSA) is 84.3 Å². The molecule has 0 aliphatic rings. The minimum Gasteiger partial charge on any atom is -0.355 e. The van der Waals surface area contributed by atoms with E-state index in [2.05, 4.69) is 10.3 Å². The van der Waals surface area contributed by atoms with Gasteiger partial charge in [-0.2, -0.15) is 4.31 Å². The Morgan fingerprint density at radius 2 is 1.97 bits per heavy atom. The van der Waals surface area contributed by atoms with E-state index in [1.807, 2.05) is 17.7 Å². The van der Waals surface area contributed by atoms with Crippen LogP contribution in [0.3, 0.4) is 0 Å². The average molecular weight is 461 g/mol. The van der Waals surface area contributed by atoms with Crippen molar-refractivity contribution >= 4 is 27.5 Å². The fourth-order valence-electron chi connectivity index (χ4n) is 3.05. The number of nitrogens with one attached hydrogen (secondary N) is 1. The number of hydrogen-bond donors (Lipinski definition) is 1. The molecule has 0 aliphatic heterocycles. The molecule has 0 saturated carbocycles. The molecule has 1 amide bonds. The molecule has 0 atom stereocenters. The van der Waals surface area contributed by atoms with Gasteiger partial charge in [-0.05, 0) is 43.2 Å². The van der Waals surface area contributed by atoms with Gasteiger partial charge in [-0.15, -0.1) is 0 Å². The highest BCUT2D eigenvalue weighted by Gasteiger charge is 2.27. The maximum atomic E-state index is 13.3. The van der Waals surface area contributed by atoms with Crippen LogP contribution < -0.4 is 5.32 Å². The van der Waals surface area contributed by atoms with Crippen molar-refractivity contribution in [2.75, 3.05) is 13.1 Å². The average Bonchev–Trinajstić information content (AvgIpc) is 3.25. The van der Waals surface area contributed by atoms with Crippen molar-refractivity contribution in [2.45, 2.75) is 31.3 Å². The summed E-state index contributed by atoms with van der Waals surface area (Å²) in [5, 5.41) is 3.31. The van der Waals surface area contributed by atoms with E-state index in [0.717, 1.165) is 5.56 Å². The maximum Gasteiger partial charge on any atom is 0.243 e. The highest BCUT2D eigenvalue weighted by molar-refractivity contribution is 7.89. The standard InChI is InChI=1S/C22H25ClN4O3S/c1-18-6-8-21(9-7-18)31(29,30)27(15-19-4-2-5-20(23)14-19)16-22(28)25-10-3-12-26-13-11-24-17-26/h2,4-9,11,13-14,17H,3,10,12,15-16H2,1H3,(H,25,28). The van der Waals surface area contributed by atoms with Gasteiger partial charge >= 0.3 is 0 Å². The van der Waals surface area contributed by atoms with Crippen molar-refractivity contribution < 1.29 is 13.2 Å². The molecule has 164 valence electrons. The van der Waals surface area contributed by atoms with Crippen LogP contribution in [0.5, 0.6) is 0 Å². The van der Waals surface area contributed by atoms with Gasteiger partial charge in [-0.1, -0.05) is 41.4 Å². The van der Waals surface area contributed by atoms with E-state index in [1.165, 1.54) is 4.31 Å². The van der Waals surface area contributed by atoms with Gasteiger partial charge in [0.15, 0.2) is 0 Å². The summed E-state index contributed by atoms with van der Waals surface area (Å²) in [7, 11) is -3.87. The molecule has 0 saturated heterocycles. The van der Waals surface area contributed by atoms with Crippen LogP contribution in [0.1, 0.15) is 17.5 Å². The minimum absolute atomic E-state index is 0.0409. The number of nitrogens with zero attached hydrogens (tertiary/aromatic N) is 3. The molecule has 7 nitrogen and oxygen atoms in total. The lowest BCUT2D eigenvalue weighted by Crippen LogP contribution is -2.40. The normalized spacial score (nSPS) is 11.6. The summed E-state index contributed by atoms with van der Waals surface area (Å²) in [6, 6.07) is 13.5. The largest absolute Gasteiger partial charge is 0.355 e. The third-order valence-corrected chi connectivity index (χ3v) is 6.74. The van der Waals surface area contributed by atoms with E-state index in [1.54, 1.807) is 61.1 Å². The number of carbonyl (C=O) groups excluding carboxylic acids is 1. The zero-order chi connectivity index (χ0) is 22.3. The van der Waals surface area contributed by atoms with E-state index in [0.29, 0.717) is 30.1 Å². The van der Waals surface area contributed by atoms with Crippen LogP contribution in [-0.4, -0.2) is 41.3 Å². The Hall–Kier alpha value is -2.68. The number of rotatable bonds is 10. The lowest BCUT2D eigenvalue weighted by molar-refractivity contribution is -0.121. The van der Waals surface area contributed by atoms with Gasteiger partial charge < -0.3 is 9.88 Å². The molecule has 31 heavy (non-hydrogen) atoms. The lowest BCUT2D eigenvalue weighted by atomic mass is 10.2. The van der Waals surface area contributed by atoms with Crippen molar-refractivity contribution in [1.29, 1.82) is 0 Å². The number of benzene rings is 2. The molecule has 9 heteroatoms. The Morgan fingerprint density at radius 1 is 1.19 bits per heavy atom. The van der Waals surface area contributed by atoms with Crippen LogP contribution in [0.15, 0.2) is 72.1 Å². The molecule has 0 fully saturated rings. The third-order valence-electron chi connectivity index (χ3n) is 4.70. The van der Waals surface area contributed by atoms with E-state index in [9.17, 15) is 13.2 Å². The molecular formula is C22H25ClN4O3S. The summed E-state index contributed by atoms with van der Waals surface area (Å²) >= 11 is 6.06. The molecule has 0 aliphatic carbocycles. The fourth-order valence-corrected chi connectivity index (χ4v) is 4.65. The quantitative estimate of drug-likeness (QED) is 0.471. The summed E-state index contributed by atoms with van der Waals surface area (Å²) in [4.78, 5) is 16.7. The SMILES string of the molecule is Cc1ccc(S(=O)(=O)N(CC(=O)NCCCn2ccnc2)Cc2cccc(Cl)c2)cc1. The molecule has 3 aromatic rings. The second-order valence-electron chi connectivity index (χ2n) is 7.22. The Labute approximate surface area is 187 Å². The van der Waals surface area contributed by atoms with Crippen LogP contribution in [0.25, 0.3) is 0 Å². The first-order chi connectivity index (χ1) is 14.8. The van der Waals surface area contributed by atoms with Crippen molar-refractivity contribution in [3.05, 3.63) is 83.4 Å². The van der Waals surface area contributed by atoms with Crippen LogP contribution in [-0.2, 0) is 27.9 Å². The summed E-state index contributed by atoms with van der Waals surface area (Å²) in [5.74, 6) is -0.358. The molecule has 0 spiro atoms. The van der Waals surface area contributed by atoms with Crippen molar-refractivity contribution in [1.82, 2.24) is 19.2 Å². The summed E-state index contributed by atoms with van der Waals surface area (Å²) < 4.78 is 29.6. The molecule has 2 aromatic carbocycles. The second kappa shape index (κ2) is 10.6. The number of halogens is 1. The highest BCUT2D eigenvalue weighted by Crippen LogP contribution is 2.20. The van der Waals surface area contributed by atoms with Gasteiger partial charge in [0.2, 0.25) is 15.9 Å². The first kappa shape index (κ1) is 23.0. The Balaban J connectivity index is 1.70. The fraction of sp³-hybridized carbons (Fsp3) is 0.273. The van der Waals surface area contributed by atoms with Gasteiger partial charge in [0.25, 0.3) is 0 Å². The van der Waals surface area contributed by atoms with Crippen molar-refractivity contribution in [3.8, 4) is 0 Å². The summed E-state index contributed by atoms with van der Waals surface area (Å²) in [6.45, 7) is 2.80. The van der Waals surface area contributed by atoms with Gasteiger partial charge in [0.05, 0.1) is 17.8 Å². The number of carbonyl (C=O) groups is 1. The van der Waals surface area contributed by atoms with Gasteiger partial charge in [0, 0.05) is 37.1 Å². The van der Waals surface area contributed by atoms with E-state index in [4.69, 9.17) is 11.6 Å². The van der Waals surface area contributed by atoms with E-state index >= 15 is 0 Å². The predicted molar refractivity (Wildman–Crippen MR) is 120 cm³/mol. The second-order valence-corrected chi connectivity index (χ2v) is 9.59. The molecule has 1 N–H and O–H groups in total. The summed E-state index contributed by atoms with van der Waals surface area (Å²) in [5.41, 5.74) is 1.66. The summed E-state index contributed by atoms with van der Waals surface area (Å²) in [6.07, 6.45) is 5.97. The van der Waals surface area contributed by atoms with E-state index < -0.39 is 10.0 Å². The third kappa shape index (κ3) is 6.65. The van der Waals surface area contributed by atoms with Gasteiger partial charge in [-0.3, -0.25) is 4.79 Å². The Kier molecular flexibility index (Phi) is 7.84. The number of amides is 1. The van der Waals surface area contributed by atoms with Crippen molar-refractivity contribution in [2.24, 2.45) is 0 Å². The van der Waals surface area contributed by atoms with Crippen LogP contribution in [0, 0.1) is 6.92 Å². The molecular weight excluding hydrogens is 436 g/mol. The first-order valence-corrected chi connectivity index (χ1v) is 11.7. The van der Waals surface area contributed by atoms with E-state index in [-0.39, 0.29) is 23.9 Å². The number of sulfonamides is 1. The Bertz CT molecular complexity index is 1100. The predicted octanol–water partition coefficient (Wildman–Crippen LogP) is 3.24. The van der Waals surface area contributed by atoms with Crippen LogP contribution in [0.2, 0.25) is 5.02 Å². The van der Waals surface area contributed by atoms with Gasteiger partial charge in [-0.25, -0.2) is 13.4 Å². The molecule has 1 aromatic heterocycles. The van der Waals surface area contributed by atoms with Crippen molar-refractivity contribution in [3.63, 3.8) is 0 Å². The number of aryl methyl sites for hydroxylation is 2. The minimum atomic E-state index is -3.87. The van der Waals surface area contributed by atoms with Crippen LogP contribution >= 0.6 is 11.6 Å². The Morgan fingerprint density at radius 3 is 2.65 bits per heavy atom. The smallest absolute Gasteiger partial charge is 0.243 e. The maximum absolute atomic E-state index is 13.3. The van der Waals surface area contributed by atoms with Crippen LogP contribution in [0.4, 0.5) is 0 Å². The number of hydrogen-bond acceptors (Lipinski definition) is 4. The first-order valence-electron chi connectivity index (χ1n) is 9.88. The molecule has 1 heterocycles. The number of imidazole rings is 1. The monoisotopic (exact) mass is 460 g/mol. The van der Waals surface area contributed by atoms with Gasteiger partial charge in [0.1, 0.15) is 0 Å². The molecule has 0 bridgehead atoms. The molecule has 3 rings (SSSR count). The highest BCUT2D eigenvalue weighted by atomic mass is 35.5. The molecule has 0 unspecified atom stereocenters. The zero-order valence-corrected chi connectivity index (χ0v) is 18.8. The zero-order valence-electron chi connectivity index (χ0n) is 17.2. The molecule has 0 radical (unpaired) electrons.